The minimum Gasteiger partial charge on any atom is -0.354 e. The molecule has 16 heavy (non-hydrogen) atoms. The number of anilines is 1. The number of hydrogen-bond acceptors (Lipinski definition) is 7. The second kappa shape index (κ2) is 4.23. The molecule has 2 aromatic rings. The van der Waals surface area contributed by atoms with Crippen molar-refractivity contribution in [3.8, 4) is 0 Å². The molecule has 0 atom stereocenters. The smallest absolute Gasteiger partial charge is 0.345 e. The fraction of sp³-hybridized carbons (Fsp3) is 0.286. The minimum atomic E-state index is -0.467. The van der Waals surface area contributed by atoms with Crippen LogP contribution in [-0.4, -0.2) is 24.7 Å². The maximum Gasteiger partial charge on any atom is 0.345 e. The van der Waals surface area contributed by atoms with Gasteiger partial charge in [-0.2, -0.15) is 0 Å². The largest absolute Gasteiger partial charge is 0.354 e. The third kappa shape index (κ3) is 2.14. The third-order valence-electron chi connectivity index (χ3n) is 1.88. The second-order valence-corrected chi connectivity index (χ2v) is 3.98. The summed E-state index contributed by atoms with van der Waals surface area (Å²) >= 11 is 0.990. The molecule has 0 fully saturated rings. The van der Waals surface area contributed by atoms with E-state index in [-0.39, 0.29) is 5.00 Å². The molecule has 0 saturated heterocycles. The van der Waals surface area contributed by atoms with Gasteiger partial charge in [0.25, 0.3) is 0 Å². The van der Waals surface area contributed by atoms with Gasteiger partial charge in [0.2, 0.25) is 0 Å². The minimum absolute atomic E-state index is 0.0143. The van der Waals surface area contributed by atoms with Crippen LogP contribution in [0, 0.1) is 10.1 Å². The average Bonchev–Trinajstić information content (AvgIpc) is 2.83. The van der Waals surface area contributed by atoms with Crippen molar-refractivity contribution in [2.24, 2.45) is 7.05 Å². The number of thiazole rings is 1. The molecule has 0 aliphatic carbocycles. The van der Waals surface area contributed by atoms with Gasteiger partial charge >= 0.3 is 5.00 Å². The van der Waals surface area contributed by atoms with E-state index in [0.29, 0.717) is 11.7 Å². The van der Waals surface area contributed by atoms with Gasteiger partial charge in [-0.15, -0.1) is 10.2 Å². The highest BCUT2D eigenvalue weighted by atomic mass is 32.1. The van der Waals surface area contributed by atoms with Crippen LogP contribution in [0.25, 0.3) is 0 Å². The van der Waals surface area contributed by atoms with E-state index in [1.807, 2.05) is 7.05 Å². The predicted octanol–water partition coefficient (Wildman–Crippen LogP) is 0.792. The van der Waals surface area contributed by atoms with Crippen LogP contribution < -0.4 is 5.32 Å². The molecule has 1 N–H and O–H groups in total. The lowest BCUT2D eigenvalue weighted by molar-refractivity contribution is -0.380. The first-order valence-electron chi connectivity index (χ1n) is 4.34. The van der Waals surface area contributed by atoms with Crippen LogP contribution in [0.15, 0.2) is 12.5 Å². The summed E-state index contributed by atoms with van der Waals surface area (Å²) in [6.07, 6.45) is 2.81. The van der Waals surface area contributed by atoms with Crippen molar-refractivity contribution < 1.29 is 4.92 Å². The molecule has 2 heterocycles. The summed E-state index contributed by atoms with van der Waals surface area (Å²) in [5.74, 6) is 0.734. The third-order valence-corrected chi connectivity index (χ3v) is 2.78. The SMILES string of the molecule is Cn1cnnc1CNc1ncc([N+](=O)[O-])s1. The first-order chi connectivity index (χ1) is 7.66. The molecule has 0 aliphatic rings. The van der Waals surface area contributed by atoms with Crippen molar-refractivity contribution in [2.45, 2.75) is 6.54 Å². The molecule has 84 valence electrons. The lowest BCUT2D eigenvalue weighted by Crippen LogP contribution is -2.05. The summed E-state index contributed by atoms with van der Waals surface area (Å²) in [5, 5.41) is 21.5. The lowest BCUT2D eigenvalue weighted by Gasteiger charge is -2.00. The zero-order chi connectivity index (χ0) is 11.5. The Balaban J connectivity index is 2.00. The maximum absolute atomic E-state index is 10.4. The molecule has 0 aromatic carbocycles. The number of nitrogens with one attached hydrogen (secondary N) is 1. The molecule has 0 bridgehead atoms. The highest BCUT2D eigenvalue weighted by molar-refractivity contribution is 7.18. The summed E-state index contributed by atoms with van der Waals surface area (Å²) in [6.45, 7) is 0.432. The second-order valence-electron chi connectivity index (χ2n) is 2.97. The molecular formula is C7H8N6O2S. The summed E-state index contributed by atoms with van der Waals surface area (Å²) < 4.78 is 1.76. The number of aryl methyl sites for hydroxylation is 1. The van der Waals surface area contributed by atoms with E-state index in [1.165, 1.54) is 6.20 Å². The highest BCUT2D eigenvalue weighted by Gasteiger charge is 2.11. The van der Waals surface area contributed by atoms with Crippen LogP contribution in [0.2, 0.25) is 0 Å². The Morgan fingerprint density at radius 3 is 3.06 bits per heavy atom. The Bertz CT molecular complexity index is 506. The van der Waals surface area contributed by atoms with Gasteiger partial charge in [0.05, 0.1) is 11.5 Å². The van der Waals surface area contributed by atoms with E-state index in [0.717, 1.165) is 17.2 Å². The van der Waals surface area contributed by atoms with Gasteiger partial charge in [-0.1, -0.05) is 0 Å². The number of nitrogens with zero attached hydrogens (tertiary/aromatic N) is 5. The molecule has 0 aliphatic heterocycles. The van der Waals surface area contributed by atoms with Crippen molar-refractivity contribution in [2.75, 3.05) is 5.32 Å². The Labute approximate surface area is 94.1 Å². The van der Waals surface area contributed by atoms with Crippen molar-refractivity contribution in [1.82, 2.24) is 19.7 Å². The first kappa shape index (κ1) is 10.5. The molecule has 0 amide bonds. The molecular weight excluding hydrogens is 232 g/mol. The Morgan fingerprint density at radius 2 is 2.50 bits per heavy atom. The number of rotatable bonds is 4. The monoisotopic (exact) mass is 240 g/mol. The van der Waals surface area contributed by atoms with Gasteiger partial charge in [0.1, 0.15) is 12.5 Å². The summed E-state index contributed by atoms with van der Waals surface area (Å²) in [7, 11) is 1.82. The molecule has 9 heteroatoms. The maximum atomic E-state index is 10.4. The van der Waals surface area contributed by atoms with Crippen LogP contribution >= 0.6 is 11.3 Å². The van der Waals surface area contributed by atoms with Crippen LogP contribution in [0.5, 0.6) is 0 Å². The van der Waals surface area contributed by atoms with Crippen LogP contribution in [-0.2, 0) is 13.6 Å². The topological polar surface area (TPSA) is 98.8 Å². The van der Waals surface area contributed by atoms with E-state index in [4.69, 9.17) is 0 Å². The van der Waals surface area contributed by atoms with E-state index in [2.05, 4.69) is 20.5 Å². The van der Waals surface area contributed by atoms with E-state index >= 15 is 0 Å². The molecule has 2 rings (SSSR count). The lowest BCUT2D eigenvalue weighted by atomic mass is 10.6. The highest BCUT2D eigenvalue weighted by Crippen LogP contribution is 2.24. The summed E-state index contributed by atoms with van der Waals surface area (Å²) in [6, 6.07) is 0. The quantitative estimate of drug-likeness (QED) is 0.626. The Kier molecular flexibility index (Phi) is 2.77. The average molecular weight is 240 g/mol. The first-order valence-corrected chi connectivity index (χ1v) is 5.15. The molecule has 0 spiro atoms. The van der Waals surface area contributed by atoms with Gasteiger partial charge in [0.15, 0.2) is 11.0 Å². The standard InChI is InChI=1S/C7H8N6O2S/c1-12-4-10-11-5(12)2-8-7-9-3-6(16-7)13(14)15/h3-4H,2H2,1H3,(H,8,9). The predicted molar refractivity (Wildman–Crippen MR) is 57.1 cm³/mol. The van der Waals surface area contributed by atoms with E-state index in [1.54, 1.807) is 10.9 Å². The molecule has 0 unspecified atom stereocenters. The zero-order valence-electron chi connectivity index (χ0n) is 8.32. The fourth-order valence-electron chi connectivity index (χ4n) is 1.05. The molecule has 8 nitrogen and oxygen atoms in total. The van der Waals surface area contributed by atoms with E-state index < -0.39 is 4.92 Å². The van der Waals surface area contributed by atoms with Crippen LogP contribution in [0.1, 0.15) is 5.82 Å². The van der Waals surface area contributed by atoms with E-state index in [9.17, 15) is 10.1 Å². The van der Waals surface area contributed by atoms with Gasteiger partial charge < -0.3 is 9.88 Å². The van der Waals surface area contributed by atoms with Crippen molar-refractivity contribution in [1.29, 1.82) is 0 Å². The number of hydrogen-bond donors (Lipinski definition) is 1. The molecule has 2 aromatic heterocycles. The molecule has 0 radical (unpaired) electrons. The van der Waals surface area contributed by atoms with Crippen molar-refractivity contribution in [3.05, 3.63) is 28.5 Å². The van der Waals surface area contributed by atoms with Crippen molar-refractivity contribution in [3.63, 3.8) is 0 Å². The molecule has 0 saturated carbocycles. The fourth-order valence-corrected chi connectivity index (χ4v) is 1.68. The Morgan fingerprint density at radius 1 is 1.69 bits per heavy atom. The van der Waals surface area contributed by atoms with Crippen LogP contribution in [0.4, 0.5) is 10.1 Å². The summed E-state index contributed by atoms with van der Waals surface area (Å²) in [5.41, 5.74) is 0. The van der Waals surface area contributed by atoms with Gasteiger partial charge in [-0.05, 0) is 11.3 Å². The number of nitro groups is 1. The van der Waals surface area contributed by atoms with Crippen LogP contribution in [0.3, 0.4) is 0 Å². The zero-order valence-corrected chi connectivity index (χ0v) is 9.14. The van der Waals surface area contributed by atoms with Gasteiger partial charge in [-0.25, -0.2) is 4.98 Å². The number of aromatic nitrogens is 4. The van der Waals surface area contributed by atoms with Gasteiger partial charge in [-0.3, -0.25) is 10.1 Å². The Hall–Kier alpha value is -2.03. The normalized spacial score (nSPS) is 10.3. The van der Waals surface area contributed by atoms with Gasteiger partial charge in [0, 0.05) is 7.05 Å². The summed E-state index contributed by atoms with van der Waals surface area (Å²) in [4.78, 5) is 13.8. The van der Waals surface area contributed by atoms with Crippen molar-refractivity contribution >= 4 is 21.5 Å².